The standard InChI is InChI=1S/C19H22N2O3S/c1-2-13-3-6-15(20-12-13)9-10-24-16-7-4-14(5-8-16)11-17-18(22)21-19(23)25-17/h3-4,6-8,12,14,17H,2,5,9-11H2,1H3,(H,21,22,23). The summed E-state index contributed by atoms with van der Waals surface area (Å²) >= 11 is 1.09. The Labute approximate surface area is 151 Å². The molecular weight excluding hydrogens is 336 g/mol. The maximum absolute atomic E-state index is 11.6. The molecule has 2 aliphatic rings. The van der Waals surface area contributed by atoms with Gasteiger partial charge in [-0.3, -0.25) is 19.9 Å². The number of thioether (sulfide) groups is 1. The number of aromatic nitrogens is 1. The smallest absolute Gasteiger partial charge is 0.286 e. The number of ether oxygens (including phenoxy) is 1. The van der Waals surface area contributed by atoms with E-state index in [1.165, 1.54) is 5.56 Å². The van der Waals surface area contributed by atoms with Crippen molar-refractivity contribution in [1.29, 1.82) is 0 Å². The molecule has 2 amide bonds. The highest BCUT2D eigenvalue weighted by Crippen LogP contribution is 2.29. The average Bonchev–Trinajstić information content (AvgIpc) is 2.94. The zero-order chi connectivity index (χ0) is 17.6. The summed E-state index contributed by atoms with van der Waals surface area (Å²) in [5.74, 6) is 0.960. The lowest BCUT2D eigenvalue weighted by atomic mass is 9.94. The van der Waals surface area contributed by atoms with Crippen LogP contribution in [0, 0.1) is 5.92 Å². The van der Waals surface area contributed by atoms with E-state index in [-0.39, 0.29) is 22.3 Å². The molecule has 1 aliphatic heterocycles. The van der Waals surface area contributed by atoms with Gasteiger partial charge in [-0.25, -0.2) is 0 Å². The van der Waals surface area contributed by atoms with E-state index in [1.54, 1.807) is 0 Å². The Bertz CT molecular complexity index is 697. The van der Waals surface area contributed by atoms with Crippen LogP contribution in [-0.2, 0) is 22.4 Å². The average molecular weight is 358 g/mol. The first-order valence-electron chi connectivity index (χ1n) is 8.60. The summed E-state index contributed by atoms with van der Waals surface area (Å²) in [6, 6.07) is 4.16. The van der Waals surface area contributed by atoms with Crippen molar-refractivity contribution in [2.24, 2.45) is 5.92 Å². The summed E-state index contributed by atoms with van der Waals surface area (Å²) in [7, 11) is 0. The fraction of sp³-hybridized carbons (Fsp3) is 0.421. The minimum absolute atomic E-state index is 0.170. The molecule has 0 radical (unpaired) electrons. The molecule has 5 nitrogen and oxygen atoms in total. The molecule has 0 bridgehead atoms. The van der Waals surface area contributed by atoms with Crippen LogP contribution in [0.5, 0.6) is 0 Å². The summed E-state index contributed by atoms with van der Waals surface area (Å²) in [5.41, 5.74) is 2.27. The summed E-state index contributed by atoms with van der Waals surface area (Å²) < 4.78 is 5.80. The Balaban J connectivity index is 1.40. The number of nitrogens with zero attached hydrogens (tertiary/aromatic N) is 1. The van der Waals surface area contributed by atoms with Crippen LogP contribution in [0.2, 0.25) is 0 Å². The van der Waals surface area contributed by atoms with Gasteiger partial charge in [0.2, 0.25) is 5.91 Å². The number of nitrogens with one attached hydrogen (secondary N) is 1. The number of allylic oxidation sites excluding steroid dienone is 3. The van der Waals surface area contributed by atoms with Crippen LogP contribution < -0.4 is 5.32 Å². The van der Waals surface area contributed by atoms with Crippen LogP contribution in [0.15, 0.2) is 42.3 Å². The number of carbonyl (C=O) groups is 2. The van der Waals surface area contributed by atoms with Crippen molar-refractivity contribution in [2.45, 2.75) is 37.9 Å². The van der Waals surface area contributed by atoms with Crippen molar-refractivity contribution in [3.63, 3.8) is 0 Å². The molecule has 25 heavy (non-hydrogen) atoms. The first kappa shape index (κ1) is 17.7. The first-order chi connectivity index (χ1) is 12.1. The number of pyridine rings is 1. The largest absolute Gasteiger partial charge is 0.494 e. The number of hydrogen-bond acceptors (Lipinski definition) is 5. The Morgan fingerprint density at radius 1 is 1.36 bits per heavy atom. The fourth-order valence-corrected chi connectivity index (χ4v) is 3.76. The van der Waals surface area contributed by atoms with Gasteiger partial charge >= 0.3 is 0 Å². The van der Waals surface area contributed by atoms with Gasteiger partial charge in [0.15, 0.2) is 0 Å². The molecule has 1 aromatic rings. The van der Waals surface area contributed by atoms with Crippen LogP contribution in [0.25, 0.3) is 0 Å². The van der Waals surface area contributed by atoms with Crippen molar-refractivity contribution in [3.8, 4) is 0 Å². The molecule has 2 unspecified atom stereocenters. The maximum Gasteiger partial charge on any atom is 0.286 e. The zero-order valence-corrected chi connectivity index (χ0v) is 15.1. The molecule has 0 spiro atoms. The minimum atomic E-state index is -0.268. The zero-order valence-electron chi connectivity index (χ0n) is 14.2. The highest BCUT2D eigenvalue weighted by atomic mass is 32.2. The lowest BCUT2D eigenvalue weighted by Crippen LogP contribution is -2.25. The van der Waals surface area contributed by atoms with E-state index in [0.717, 1.165) is 42.5 Å². The van der Waals surface area contributed by atoms with Gasteiger partial charge < -0.3 is 4.74 Å². The molecule has 3 rings (SSSR count). The van der Waals surface area contributed by atoms with Crippen LogP contribution >= 0.6 is 11.8 Å². The number of hydrogen-bond donors (Lipinski definition) is 1. The second kappa shape index (κ2) is 8.34. The van der Waals surface area contributed by atoms with E-state index in [0.29, 0.717) is 13.0 Å². The molecule has 0 saturated carbocycles. The molecule has 2 heterocycles. The third-order valence-electron chi connectivity index (χ3n) is 4.36. The van der Waals surface area contributed by atoms with Crippen LogP contribution in [0.1, 0.15) is 31.0 Å². The predicted molar refractivity (Wildman–Crippen MR) is 98.1 cm³/mol. The van der Waals surface area contributed by atoms with Crippen molar-refractivity contribution in [3.05, 3.63) is 53.6 Å². The molecule has 132 valence electrons. The Kier molecular flexibility index (Phi) is 5.91. The monoisotopic (exact) mass is 358 g/mol. The van der Waals surface area contributed by atoms with E-state index in [9.17, 15) is 9.59 Å². The van der Waals surface area contributed by atoms with E-state index in [2.05, 4.69) is 41.5 Å². The molecule has 1 saturated heterocycles. The van der Waals surface area contributed by atoms with Crippen LogP contribution in [0.4, 0.5) is 4.79 Å². The number of aryl methyl sites for hydroxylation is 1. The van der Waals surface area contributed by atoms with Crippen LogP contribution in [-0.4, -0.2) is 28.0 Å². The Morgan fingerprint density at radius 2 is 2.24 bits per heavy atom. The van der Waals surface area contributed by atoms with E-state index >= 15 is 0 Å². The Hall–Kier alpha value is -2.08. The SMILES string of the molecule is CCc1ccc(CCOC2=CCC(CC3SC(=O)NC3=O)C=C2)nc1. The predicted octanol–water partition coefficient (Wildman–Crippen LogP) is 3.40. The topological polar surface area (TPSA) is 68.3 Å². The highest BCUT2D eigenvalue weighted by molar-refractivity contribution is 8.15. The number of amides is 2. The number of imide groups is 1. The van der Waals surface area contributed by atoms with Crippen molar-refractivity contribution in [1.82, 2.24) is 10.3 Å². The van der Waals surface area contributed by atoms with Gasteiger partial charge in [0.05, 0.1) is 11.9 Å². The maximum atomic E-state index is 11.6. The number of carbonyl (C=O) groups excluding carboxylic acids is 2. The lowest BCUT2D eigenvalue weighted by Gasteiger charge is -2.18. The second-order valence-electron chi connectivity index (χ2n) is 6.19. The van der Waals surface area contributed by atoms with Crippen molar-refractivity contribution in [2.75, 3.05) is 6.61 Å². The summed E-state index contributed by atoms with van der Waals surface area (Å²) in [6.07, 6.45) is 11.3. The van der Waals surface area contributed by atoms with Gasteiger partial charge in [0, 0.05) is 18.3 Å². The number of rotatable bonds is 7. The Morgan fingerprint density at radius 3 is 2.84 bits per heavy atom. The normalized spacial score (nSPS) is 22.7. The fourth-order valence-electron chi connectivity index (χ4n) is 2.84. The van der Waals surface area contributed by atoms with Crippen LogP contribution in [0.3, 0.4) is 0 Å². The van der Waals surface area contributed by atoms with Gasteiger partial charge in [0.25, 0.3) is 5.24 Å². The molecular formula is C19H22N2O3S. The van der Waals surface area contributed by atoms with E-state index in [4.69, 9.17) is 4.74 Å². The molecule has 1 aromatic heterocycles. The van der Waals surface area contributed by atoms with Gasteiger partial charge in [-0.2, -0.15) is 0 Å². The molecule has 2 atom stereocenters. The third kappa shape index (κ3) is 4.95. The third-order valence-corrected chi connectivity index (χ3v) is 5.37. The molecule has 1 fully saturated rings. The summed E-state index contributed by atoms with van der Waals surface area (Å²) in [5, 5.41) is 1.82. The summed E-state index contributed by atoms with van der Waals surface area (Å²) in [4.78, 5) is 27.3. The van der Waals surface area contributed by atoms with E-state index in [1.807, 2.05) is 12.3 Å². The lowest BCUT2D eigenvalue weighted by molar-refractivity contribution is -0.119. The first-order valence-corrected chi connectivity index (χ1v) is 9.48. The molecule has 1 N–H and O–H groups in total. The quantitative estimate of drug-likeness (QED) is 0.809. The van der Waals surface area contributed by atoms with Crippen molar-refractivity contribution >= 4 is 22.9 Å². The molecule has 1 aliphatic carbocycles. The summed E-state index contributed by atoms with van der Waals surface area (Å²) in [6.45, 7) is 2.71. The van der Waals surface area contributed by atoms with Gasteiger partial charge in [0.1, 0.15) is 5.76 Å². The van der Waals surface area contributed by atoms with Crippen molar-refractivity contribution < 1.29 is 14.3 Å². The van der Waals surface area contributed by atoms with Gasteiger partial charge in [-0.1, -0.05) is 30.8 Å². The van der Waals surface area contributed by atoms with Gasteiger partial charge in [-0.15, -0.1) is 0 Å². The minimum Gasteiger partial charge on any atom is -0.494 e. The van der Waals surface area contributed by atoms with E-state index < -0.39 is 0 Å². The van der Waals surface area contributed by atoms with Gasteiger partial charge in [-0.05, 0) is 49.0 Å². The molecule has 6 heteroatoms. The molecule has 0 aromatic carbocycles. The highest BCUT2D eigenvalue weighted by Gasteiger charge is 2.33. The second-order valence-corrected chi connectivity index (χ2v) is 7.37.